The van der Waals surface area contributed by atoms with Crippen LogP contribution < -0.4 is 5.32 Å². The molecule has 128 valence electrons. The number of ether oxygens (including phenoxy) is 1. The molecule has 1 N–H and O–H groups in total. The summed E-state index contributed by atoms with van der Waals surface area (Å²) in [5.41, 5.74) is 1.40. The molecule has 1 heterocycles. The van der Waals surface area contributed by atoms with Gasteiger partial charge in [0.05, 0.1) is 30.1 Å². The summed E-state index contributed by atoms with van der Waals surface area (Å²) in [4.78, 5) is 24.1. The Morgan fingerprint density at radius 2 is 2.28 bits per heavy atom. The molecular formula is C18H16FN3O3. The fraction of sp³-hybridized carbons (Fsp3) is 0.278. The lowest BCUT2D eigenvalue weighted by Gasteiger charge is -2.03. The highest BCUT2D eigenvalue weighted by molar-refractivity contribution is 6.01. The van der Waals surface area contributed by atoms with Crippen molar-refractivity contribution in [1.29, 1.82) is 0 Å². The maximum Gasteiger partial charge on any atom is 0.361 e. The molecule has 0 spiro atoms. The van der Waals surface area contributed by atoms with Crippen molar-refractivity contribution in [2.45, 2.75) is 19.5 Å². The predicted molar refractivity (Wildman–Crippen MR) is 89.1 cm³/mol. The largest absolute Gasteiger partial charge is 0.461 e. The van der Waals surface area contributed by atoms with Gasteiger partial charge in [0, 0.05) is 5.56 Å². The predicted octanol–water partition coefficient (Wildman–Crippen LogP) is 2.33. The molecule has 0 radical (unpaired) electrons. The highest BCUT2D eigenvalue weighted by Gasteiger charge is 2.44. The standard InChI is InChI=1S/C18H16FN3O3/c1-3-11-6-5-7-12(8-11)22-10-15(16(21-22)18(24)25-4-2)20-17(23)13-9-14(13)19/h1,5-8,10,13-14H,4,9H2,2H3,(H,20,23). The van der Waals surface area contributed by atoms with E-state index in [-0.39, 0.29) is 24.4 Å². The molecule has 2 unspecified atom stereocenters. The van der Waals surface area contributed by atoms with Crippen LogP contribution in [0.2, 0.25) is 0 Å². The van der Waals surface area contributed by atoms with E-state index in [0.717, 1.165) is 0 Å². The van der Waals surface area contributed by atoms with Gasteiger partial charge in [0.25, 0.3) is 0 Å². The van der Waals surface area contributed by atoms with Crippen LogP contribution in [0.1, 0.15) is 29.4 Å². The number of anilines is 1. The van der Waals surface area contributed by atoms with Gasteiger partial charge in [-0.15, -0.1) is 6.42 Å². The number of esters is 1. The van der Waals surface area contributed by atoms with Crippen LogP contribution in [0.25, 0.3) is 5.69 Å². The molecule has 1 aliphatic rings. The molecule has 7 heteroatoms. The molecular weight excluding hydrogens is 325 g/mol. The van der Waals surface area contributed by atoms with Crippen LogP contribution in [0, 0.1) is 18.3 Å². The summed E-state index contributed by atoms with van der Waals surface area (Å²) in [6.07, 6.45) is 5.94. The van der Waals surface area contributed by atoms with Gasteiger partial charge >= 0.3 is 5.97 Å². The number of terminal acetylenes is 1. The van der Waals surface area contributed by atoms with Crippen LogP contribution in [0.4, 0.5) is 10.1 Å². The summed E-state index contributed by atoms with van der Waals surface area (Å²) in [6, 6.07) is 6.99. The molecule has 2 atom stereocenters. The van der Waals surface area contributed by atoms with Gasteiger partial charge < -0.3 is 10.1 Å². The summed E-state index contributed by atoms with van der Waals surface area (Å²) in [5, 5.41) is 6.75. The van der Waals surface area contributed by atoms with Gasteiger partial charge in [-0.05, 0) is 31.5 Å². The number of benzene rings is 1. The molecule has 1 amide bonds. The van der Waals surface area contributed by atoms with E-state index in [1.54, 1.807) is 31.2 Å². The Kier molecular flexibility index (Phi) is 4.52. The molecule has 0 saturated heterocycles. The highest BCUT2D eigenvalue weighted by atomic mass is 19.1. The van der Waals surface area contributed by atoms with Crippen LogP contribution in [-0.4, -0.2) is 34.4 Å². The Labute approximate surface area is 144 Å². The monoisotopic (exact) mass is 341 g/mol. The van der Waals surface area contributed by atoms with Crippen LogP contribution in [0.5, 0.6) is 0 Å². The first-order valence-electron chi connectivity index (χ1n) is 7.82. The van der Waals surface area contributed by atoms with Crippen molar-refractivity contribution < 1.29 is 18.7 Å². The number of alkyl halides is 1. The van der Waals surface area contributed by atoms with Crippen LogP contribution in [-0.2, 0) is 9.53 Å². The van der Waals surface area contributed by atoms with Crippen molar-refractivity contribution in [2.24, 2.45) is 5.92 Å². The summed E-state index contributed by atoms with van der Waals surface area (Å²) >= 11 is 0. The number of rotatable bonds is 5. The molecule has 3 rings (SSSR count). The number of halogens is 1. The highest BCUT2D eigenvalue weighted by Crippen LogP contribution is 2.35. The fourth-order valence-electron chi connectivity index (χ4n) is 2.35. The average molecular weight is 341 g/mol. The number of nitrogens with zero attached hydrogens (tertiary/aromatic N) is 2. The summed E-state index contributed by atoms with van der Waals surface area (Å²) in [6.45, 7) is 1.84. The van der Waals surface area contributed by atoms with Crippen molar-refractivity contribution in [3.8, 4) is 18.0 Å². The SMILES string of the molecule is C#Cc1cccc(-n2cc(NC(=O)C3CC3F)c(C(=O)OCC)n2)c1. The lowest BCUT2D eigenvalue weighted by atomic mass is 10.2. The maximum absolute atomic E-state index is 13.1. The number of hydrogen-bond donors (Lipinski definition) is 1. The van der Waals surface area contributed by atoms with Crippen molar-refractivity contribution in [3.05, 3.63) is 41.7 Å². The summed E-state index contributed by atoms with van der Waals surface area (Å²) in [7, 11) is 0. The molecule has 2 aromatic rings. The first-order chi connectivity index (χ1) is 12.0. The van der Waals surface area contributed by atoms with Gasteiger partial charge in [0.1, 0.15) is 6.17 Å². The maximum atomic E-state index is 13.1. The van der Waals surface area contributed by atoms with Gasteiger partial charge in [-0.3, -0.25) is 4.79 Å². The van der Waals surface area contributed by atoms with Gasteiger partial charge in [-0.2, -0.15) is 5.10 Å². The molecule has 1 aliphatic carbocycles. The number of carbonyl (C=O) groups excluding carboxylic acids is 2. The lowest BCUT2D eigenvalue weighted by molar-refractivity contribution is -0.117. The Bertz CT molecular complexity index is 869. The number of amides is 1. The zero-order valence-electron chi connectivity index (χ0n) is 13.5. The Hall–Kier alpha value is -3.14. The van der Waals surface area contributed by atoms with E-state index in [0.29, 0.717) is 11.3 Å². The van der Waals surface area contributed by atoms with Crippen molar-refractivity contribution in [1.82, 2.24) is 9.78 Å². The van der Waals surface area contributed by atoms with Crippen molar-refractivity contribution in [3.63, 3.8) is 0 Å². The smallest absolute Gasteiger partial charge is 0.361 e. The number of hydrogen-bond acceptors (Lipinski definition) is 4. The van der Waals surface area contributed by atoms with Gasteiger partial charge in [0.2, 0.25) is 5.91 Å². The van der Waals surface area contributed by atoms with Crippen LogP contribution >= 0.6 is 0 Å². The van der Waals surface area contributed by atoms with E-state index in [1.165, 1.54) is 10.9 Å². The van der Waals surface area contributed by atoms with E-state index in [9.17, 15) is 14.0 Å². The Morgan fingerprint density at radius 1 is 1.52 bits per heavy atom. The second kappa shape index (κ2) is 6.77. The first kappa shape index (κ1) is 16.7. The number of aromatic nitrogens is 2. The van der Waals surface area contributed by atoms with E-state index in [4.69, 9.17) is 11.2 Å². The zero-order chi connectivity index (χ0) is 18.0. The second-order valence-electron chi connectivity index (χ2n) is 5.60. The third-order valence-corrected chi connectivity index (χ3v) is 3.77. The molecule has 1 fully saturated rings. The van der Waals surface area contributed by atoms with Crippen LogP contribution in [0.3, 0.4) is 0 Å². The van der Waals surface area contributed by atoms with Crippen LogP contribution in [0.15, 0.2) is 30.5 Å². The van der Waals surface area contributed by atoms with E-state index >= 15 is 0 Å². The van der Waals surface area contributed by atoms with Crippen molar-refractivity contribution >= 4 is 17.6 Å². The summed E-state index contributed by atoms with van der Waals surface area (Å²) in [5.74, 6) is 0.694. The minimum Gasteiger partial charge on any atom is -0.461 e. The third kappa shape index (κ3) is 3.53. The average Bonchev–Trinajstić information content (AvgIpc) is 3.20. The van der Waals surface area contributed by atoms with Gasteiger partial charge in [0.15, 0.2) is 5.69 Å². The zero-order valence-corrected chi connectivity index (χ0v) is 13.5. The van der Waals surface area contributed by atoms with E-state index in [2.05, 4.69) is 16.3 Å². The van der Waals surface area contributed by atoms with E-state index in [1.807, 2.05) is 0 Å². The van der Waals surface area contributed by atoms with Gasteiger partial charge in [-0.1, -0.05) is 12.0 Å². The lowest BCUT2D eigenvalue weighted by Crippen LogP contribution is -2.17. The molecule has 1 aromatic heterocycles. The van der Waals surface area contributed by atoms with E-state index < -0.39 is 24.0 Å². The number of carbonyl (C=O) groups is 2. The quantitative estimate of drug-likeness (QED) is 0.669. The van der Waals surface area contributed by atoms with Crippen molar-refractivity contribution in [2.75, 3.05) is 11.9 Å². The molecule has 1 aromatic carbocycles. The Morgan fingerprint density at radius 3 is 2.92 bits per heavy atom. The topological polar surface area (TPSA) is 73.2 Å². The number of nitrogens with one attached hydrogen (secondary N) is 1. The fourth-order valence-corrected chi connectivity index (χ4v) is 2.35. The first-order valence-corrected chi connectivity index (χ1v) is 7.82. The molecule has 0 aliphatic heterocycles. The molecule has 6 nitrogen and oxygen atoms in total. The normalized spacial score (nSPS) is 18.3. The minimum atomic E-state index is -1.13. The molecule has 1 saturated carbocycles. The summed E-state index contributed by atoms with van der Waals surface area (Å²) < 4.78 is 19.5. The molecule has 0 bridgehead atoms. The minimum absolute atomic E-state index is 0.0441. The second-order valence-corrected chi connectivity index (χ2v) is 5.60. The van der Waals surface area contributed by atoms with Gasteiger partial charge in [-0.25, -0.2) is 13.9 Å². The molecule has 25 heavy (non-hydrogen) atoms. The third-order valence-electron chi connectivity index (χ3n) is 3.77. The Balaban J connectivity index is 1.94.